The van der Waals surface area contributed by atoms with Gasteiger partial charge in [0, 0.05) is 23.2 Å². The molecule has 1 fully saturated rings. The standard InChI is InChI=1S/C20H26ClN3O3.C3H8/c1-13(14-3-4-14)24(2)11-19(25)22-16-9-17(10-16)23-20(26)12-27-18-7-5-15(21)6-8-18;1-3-2/h5-9,13-14,16H,3-4,10-12H2,1-2H3,(H,22,25)(H,23,26);3H2,1-2H3/t13-,16?;/m1./s1. The Morgan fingerprint density at radius 3 is 2.37 bits per heavy atom. The van der Waals surface area contributed by atoms with Crippen LogP contribution < -0.4 is 15.4 Å². The van der Waals surface area contributed by atoms with Crippen molar-refractivity contribution in [1.82, 2.24) is 15.5 Å². The number of nitrogens with zero attached hydrogens (tertiary/aromatic N) is 1. The normalized spacial score (nSPS) is 18.3. The molecular weight excluding hydrogens is 402 g/mol. The van der Waals surface area contributed by atoms with Crippen LogP contribution in [-0.2, 0) is 9.59 Å². The molecule has 0 saturated heterocycles. The number of hydrogen-bond donors (Lipinski definition) is 2. The Labute approximate surface area is 185 Å². The molecule has 2 N–H and O–H groups in total. The zero-order chi connectivity index (χ0) is 22.1. The number of carbonyl (C=O) groups excluding carboxylic acids is 2. The maximum atomic E-state index is 12.1. The summed E-state index contributed by atoms with van der Waals surface area (Å²) in [5, 5.41) is 6.39. The van der Waals surface area contributed by atoms with E-state index in [1.165, 1.54) is 19.3 Å². The van der Waals surface area contributed by atoms with Crippen LogP contribution in [0.5, 0.6) is 5.75 Å². The lowest BCUT2D eigenvalue weighted by Gasteiger charge is -2.29. The molecule has 2 amide bonds. The molecule has 0 aromatic heterocycles. The average Bonchev–Trinajstić information content (AvgIpc) is 3.51. The van der Waals surface area contributed by atoms with Gasteiger partial charge in [0.2, 0.25) is 5.91 Å². The highest BCUT2D eigenvalue weighted by Gasteiger charge is 2.31. The fourth-order valence-corrected chi connectivity index (χ4v) is 3.21. The monoisotopic (exact) mass is 435 g/mol. The predicted octanol–water partition coefficient (Wildman–Crippen LogP) is 3.75. The summed E-state index contributed by atoms with van der Waals surface area (Å²) in [6, 6.07) is 7.27. The van der Waals surface area contributed by atoms with Crippen molar-refractivity contribution in [3.05, 3.63) is 41.1 Å². The molecule has 0 bridgehead atoms. The highest BCUT2D eigenvalue weighted by Crippen LogP contribution is 2.34. The smallest absolute Gasteiger partial charge is 0.262 e. The number of halogens is 1. The van der Waals surface area contributed by atoms with E-state index in [-0.39, 0.29) is 24.5 Å². The molecule has 3 rings (SSSR count). The van der Waals surface area contributed by atoms with Crippen LogP contribution >= 0.6 is 11.6 Å². The van der Waals surface area contributed by atoms with Crippen molar-refractivity contribution in [2.24, 2.45) is 5.92 Å². The zero-order valence-electron chi connectivity index (χ0n) is 18.4. The molecule has 1 aromatic rings. The van der Waals surface area contributed by atoms with Gasteiger partial charge in [0.25, 0.3) is 5.91 Å². The van der Waals surface area contributed by atoms with E-state index in [4.69, 9.17) is 16.3 Å². The zero-order valence-corrected chi connectivity index (χ0v) is 19.2. The molecule has 1 aromatic carbocycles. The van der Waals surface area contributed by atoms with Crippen molar-refractivity contribution >= 4 is 23.4 Å². The minimum absolute atomic E-state index is 0.0164. The third-order valence-corrected chi connectivity index (χ3v) is 5.32. The number of amides is 2. The minimum Gasteiger partial charge on any atom is -0.484 e. The van der Waals surface area contributed by atoms with Crippen molar-refractivity contribution < 1.29 is 14.3 Å². The van der Waals surface area contributed by atoms with Gasteiger partial charge in [-0.25, -0.2) is 0 Å². The Morgan fingerprint density at radius 1 is 1.20 bits per heavy atom. The van der Waals surface area contributed by atoms with Crippen LogP contribution in [0.3, 0.4) is 0 Å². The van der Waals surface area contributed by atoms with E-state index < -0.39 is 0 Å². The second-order valence-electron chi connectivity index (χ2n) is 8.06. The summed E-state index contributed by atoms with van der Waals surface area (Å²) in [5.74, 6) is 1.12. The van der Waals surface area contributed by atoms with Gasteiger partial charge in [-0.2, -0.15) is 0 Å². The fraction of sp³-hybridized carbons (Fsp3) is 0.565. The molecule has 7 heteroatoms. The van der Waals surface area contributed by atoms with Gasteiger partial charge in [-0.05, 0) is 63.1 Å². The van der Waals surface area contributed by atoms with Gasteiger partial charge in [0.15, 0.2) is 6.61 Å². The molecule has 0 radical (unpaired) electrons. The first kappa shape index (κ1) is 24.2. The molecule has 1 saturated carbocycles. The van der Waals surface area contributed by atoms with Crippen molar-refractivity contribution in [3.8, 4) is 5.75 Å². The molecule has 0 aliphatic heterocycles. The number of benzene rings is 1. The number of nitrogens with one attached hydrogen (secondary N) is 2. The third-order valence-electron chi connectivity index (χ3n) is 5.06. The van der Waals surface area contributed by atoms with E-state index in [0.717, 1.165) is 11.6 Å². The Morgan fingerprint density at radius 2 is 1.80 bits per heavy atom. The SMILES string of the molecule is CCC.C[C@H](C1CC1)N(C)CC(=O)NC1C=C(NC(=O)COc2ccc(Cl)cc2)C1. The molecule has 2 atom stereocenters. The van der Waals surface area contributed by atoms with Gasteiger partial charge in [-0.1, -0.05) is 31.9 Å². The minimum atomic E-state index is -0.223. The number of carbonyl (C=O) groups is 2. The Hall–Kier alpha value is -2.05. The molecule has 2 aliphatic rings. The van der Waals surface area contributed by atoms with Crippen molar-refractivity contribution in [2.75, 3.05) is 20.2 Å². The summed E-state index contributed by atoms with van der Waals surface area (Å²) in [7, 11) is 1.99. The number of likely N-dealkylation sites (N-methyl/N-ethyl adjacent to an activating group) is 1. The first-order valence-electron chi connectivity index (χ1n) is 10.7. The molecule has 0 heterocycles. The summed E-state index contributed by atoms with van der Waals surface area (Å²) in [5.41, 5.74) is 0.810. The van der Waals surface area contributed by atoms with Gasteiger partial charge in [-0.3, -0.25) is 14.5 Å². The van der Waals surface area contributed by atoms with Crippen molar-refractivity contribution in [1.29, 1.82) is 0 Å². The number of ether oxygens (including phenoxy) is 1. The van der Waals surface area contributed by atoms with E-state index in [1.807, 2.05) is 13.1 Å². The summed E-state index contributed by atoms with van der Waals surface area (Å²) in [6.45, 7) is 6.76. The highest BCUT2D eigenvalue weighted by atomic mass is 35.5. The second-order valence-corrected chi connectivity index (χ2v) is 8.50. The van der Waals surface area contributed by atoms with E-state index in [0.29, 0.717) is 29.8 Å². The van der Waals surface area contributed by atoms with Crippen LogP contribution in [0.4, 0.5) is 0 Å². The number of hydrogen-bond acceptors (Lipinski definition) is 4. The van der Waals surface area contributed by atoms with E-state index >= 15 is 0 Å². The second kappa shape index (κ2) is 12.0. The van der Waals surface area contributed by atoms with Crippen LogP contribution in [0, 0.1) is 5.92 Å². The largest absolute Gasteiger partial charge is 0.484 e. The lowest BCUT2D eigenvalue weighted by Crippen LogP contribution is -2.47. The average molecular weight is 436 g/mol. The predicted molar refractivity (Wildman–Crippen MR) is 121 cm³/mol. The highest BCUT2D eigenvalue weighted by molar-refractivity contribution is 6.30. The van der Waals surface area contributed by atoms with Crippen LogP contribution in [0.1, 0.15) is 46.5 Å². The Bertz CT molecular complexity index is 732. The summed E-state index contributed by atoms with van der Waals surface area (Å²) >= 11 is 5.80. The van der Waals surface area contributed by atoms with Gasteiger partial charge in [-0.15, -0.1) is 0 Å². The lowest BCUT2D eigenvalue weighted by atomic mass is 9.99. The van der Waals surface area contributed by atoms with E-state index in [2.05, 4.69) is 36.3 Å². The molecule has 2 aliphatic carbocycles. The van der Waals surface area contributed by atoms with Gasteiger partial charge in [0.05, 0.1) is 12.6 Å². The Kier molecular flexibility index (Phi) is 9.66. The Balaban J connectivity index is 0.00000101. The van der Waals surface area contributed by atoms with Gasteiger partial charge < -0.3 is 15.4 Å². The maximum absolute atomic E-state index is 12.1. The maximum Gasteiger partial charge on any atom is 0.262 e. The quantitative estimate of drug-likeness (QED) is 0.619. The first-order chi connectivity index (χ1) is 14.3. The van der Waals surface area contributed by atoms with Gasteiger partial charge >= 0.3 is 0 Å². The van der Waals surface area contributed by atoms with Gasteiger partial charge in [0.1, 0.15) is 5.75 Å². The molecular formula is C23H34ClN3O3. The fourth-order valence-electron chi connectivity index (χ4n) is 3.09. The first-order valence-corrected chi connectivity index (χ1v) is 11.1. The van der Waals surface area contributed by atoms with Crippen LogP contribution in [0.2, 0.25) is 5.02 Å². The molecule has 1 unspecified atom stereocenters. The molecule has 6 nitrogen and oxygen atoms in total. The molecule has 0 spiro atoms. The summed E-state index contributed by atoms with van der Waals surface area (Å²) in [6.07, 6.45) is 6.27. The third kappa shape index (κ3) is 8.36. The van der Waals surface area contributed by atoms with E-state index in [9.17, 15) is 9.59 Å². The summed E-state index contributed by atoms with van der Waals surface area (Å²) < 4.78 is 5.40. The lowest BCUT2D eigenvalue weighted by molar-refractivity contribution is -0.123. The van der Waals surface area contributed by atoms with Crippen LogP contribution in [-0.4, -0.2) is 49.0 Å². The van der Waals surface area contributed by atoms with Crippen LogP contribution in [0.15, 0.2) is 36.0 Å². The van der Waals surface area contributed by atoms with E-state index in [1.54, 1.807) is 24.3 Å². The molecule has 30 heavy (non-hydrogen) atoms. The van der Waals surface area contributed by atoms with Crippen molar-refractivity contribution in [3.63, 3.8) is 0 Å². The van der Waals surface area contributed by atoms with Crippen LogP contribution in [0.25, 0.3) is 0 Å². The number of rotatable bonds is 9. The topological polar surface area (TPSA) is 70.7 Å². The van der Waals surface area contributed by atoms with Crippen molar-refractivity contribution in [2.45, 2.75) is 58.5 Å². The summed E-state index contributed by atoms with van der Waals surface area (Å²) in [4.78, 5) is 26.1. The molecule has 166 valence electrons.